The normalized spacial score (nSPS) is 10.8. The molecule has 0 aliphatic rings. The lowest BCUT2D eigenvalue weighted by Crippen LogP contribution is -2.23. The van der Waals surface area contributed by atoms with Crippen molar-refractivity contribution in [3.8, 4) is 11.5 Å². The minimum absolute atomic E-state index is 0.0404. The van der Waals surface area contributed by atoms with Gasteiger partial charge >= 0.3 is 5.97 Å². The summed E-state index contributed by atoms with van der Waals surface area (Å²) < 4.78 is 16.4. The fourth-order valence-electron chi connectivity index (χ4n) is 2.50. The minimum Gasteiger partial charge on any atom is -0.466 e. The van der Waals surface area contributed by atoms with Gasteiger partial charge in [0, 0.05) is 19.0 Å². The number of aryl methyl sites for hydroxylation is 2. The summed E-state index contributed by atoms with van der Waals surface area (Å²) in [6.45, 7) is 3.48. The molecule has 0 N–H and O–H groups in total. The molecule has 3 rings (SSSR count). The lowest BCUT2D eigenvalue weighted by molar-refractivity contribution is -0.125. The van der Waals surface area contributed by atoms with Gasteiger partial charge in [-0.15, -0.1) is 22.0 Å². The largest absolute Gasteiger partial charge is 0.466 e. The molecule has 0 fully saturated rings. The number of carbonyl (C=O) groups is 2. The first-order valence-electron chi connectivity index (χ1n) is 8.84. The Morgan fingerprint density at radius 3 is 2.59 bits per heavy atom. The minimum atomic E-state index is -0.527. The predicted octanol–water partition coefficient (Wildman–Crippen LogP) is 3.48. The van der Waals surface area contributed by atoms with Crippen molar-refractivity contribution < 1.29 is 23.2 Å². The molecule has 0 saturated heterocycles. The zero-order chi connectivity index (χ0) is 21.0. The van der Waals surface area contributed by atoms with Crippen LogP contribution in [0, 0.1) is 13.8 Å². The van der Waals surface area contributed by atoms with Crippen LogP contribution in [-0.4, -0.2) is 46.8 Å². The molecule has 2 aromatic heterocycles. The van der Waals surface area contributed by atoms with Gasteiger partial charge in [-0.1, -0.05) is 12.1 Å². The third-order valence-electron chi connectivity index (χ3n) is 4.02. The number of furan rings is 1. The Balaban J connectivity index is 1.64. The highest BCUT2D eigenvalue weighted by molar-refractivity contribution is 8.00. The third kappa shape index (κ3) is 5.05. The van der Waals surface area contributed by atoms with Crippen LogP contribution in [0.15, 0.2) is 44.1 Å². The van der Waals surface area contributed by atoms with Crippen molar-refractivity contribution in [3.63, 3.8) is 0 Å². The fraction of sp³-hybridized carbons (Fsp3) is 0.300. The molecule has 0 aliphatic heterocycles. The first kappa shape index (κ1) is 20.7. The number of aromatic nitrogens is 2. The fourth-order valence-corrected chi connectivity index (χ4v) is 3.52. The number of benzene rings is 1. The number of nitrogens with zero attached hydrogens (tertiary/aromatic N) is 3. The number of ether oxygens (including phenoxy) is 1. The topological polar surface area (TPSA) is 98.7 Å². The lowest BCUT2D eigenvalue weighted by Gasteiger charge is -2.11. The van der Waals surface area contributed by atoms with Crippen LogP contribution in [0.3, 0.4) is 0 Å². The van der Waals surface area contributed by atoms with Crippen LogP contribution in [0.1, 0.15) is 27.8 Å². The van der Waals surface area contributed by atoms with Gasteiger partial charge in [0.05, 0.1) is 16.9 Å². The molecule has 0 unspecified atom stereocenters. The van der Waals surface area contributed by atoms with Gasteiger partial charge in [0.2, 0.25) is 5.91 Å². The molecule has 1 amide bonds. The van der Waals surface area contributed by atoms with Crippen molar-refractivity contribution in [1.82, 2.24) is 15.1 Å². The Labute approximate surface area is 172 Å². The van der Waals surface area contributed by atoms with E-state index in [0.717, 1.165) is 5.76 Å². The van der Waals surface area contributed by atoms with Crippen molar-refractivity contribution in [2.75, 3.05) is 19.8 Å². The molecule has 2 heterocycles. The van der Waals surface area contributed by atoms with E-state index in [1.54, 1.807) is 44.4 Å². The van der Waals surface area contributed by atoms with Crippen molar-refractivity contribution in [1.29, 1.82) is 0 Å². The summed E-state index contributed by atoms with van der Waals surface area (Å²) in [5.41, 5.74) is 1.09. The smallest absolute Gasteiger partial charge is 0.339 e. The van der Waals surface area contributed by atoms with Crippen LogP contribution in [0.25, 0.3) is 11.5 Å². The Bertz CT molecular complexity index is 1020. The molecule has 0 bridgehead atoms. The molecule has 29 heavy (non-hydrogen) atoms. The van der Waals surface area contributed by atoms with E-state index in [4.69, 9.17) is 13.6 Å². The monoisotopic (exact) mass is 415 g/mol. The summed E-state index contributed by atoms with van der Waals surface area (Å²) in [6.07, 6.45) is 0. The summed E-state index contributed by atoms with van der Waals surface area (Å²) in [5.74, 6) is 1.57. The zero-order valence-corrected chi connectivity index (χ0v) is 17.4. The van der Waals surface area contributed by atoms with E-state index in [0.29, 0.717) is 27.7 Å². The Kier molecular flexibility index (Phi) is 6.38. The summed E-state index contributed by atoms with van der Waals surface area (Å²) in [5, 5.41) is 7.90. The third-order valence-corrected chi connectivity index (χ3v) is 5.08. The van der Waals surface area contributed by atoms with E-state index in [1.165, 1.54) is 16.7 Å². The molecule has 0 aliphatic carbocycles. The quantitative estimate of drug-likeness (QED) is 0.427. The van der Waals surface area contributed by atoms with Crippen LogP contribution in [0.4, 0.5) is 0 Å². The van der Waals surface area contributed by atoms with Gasteiger partial charge < -0.3 is 18.5 Å². The molecule has 0 atom stereocenters. The molecule has 152 valence electrons. The Morgan fingerprint density at radius 2 is 1.90 bits per heavy atom. The van der Waals surface area contributed by atoms with Gasteiger partial charge in [0.1, 0.15) is 11.5 Å². The highest BCUT2D eigenvalue weighted by Gasteiger charge is 2.18. The second-order valence-corrected chi connectivity index (χ2v) is 7.49. The number of thioether (sulfide) groups is 1. The van der Waals surface area contributed by atoms with Crippen molar-refractivity contribution in [3.05, 3.63) is 53.3 Å². The zero-order valence-electron chi connectivity index (χ0n) is 16.6. The average molecular weight is 415 g/mol. The molecular weight excluding hydrogens is 394 g/mol. The summed E-state index contributed by atoms with van der Waals surface area (Å²) in [4.78, 5) is 26.5. The second kappa shape index (κ2) is 8.95. The van der Waals surface area contributed by atoms with Crippen molar-refractivity contribution >= 4 is 23.6 Å². The van der Waals surface area contributed by atoms with Crippen LogP contribution < -0.4 is 0 Å². The predicted molar refractivity (Wildman–Crippen MR) is 106 cm³/mol. The van der Waals surface area contributed by atoms with Gasteiger partial charge in [-0.25, -0.2) is 4.79 Å². The highest BCUT2D eigenvalue weighted by Crippen LogP contribution is 2.26. The maximum Gasteiger partial charge on any atom is 0.339 e. The Hall–Kier alpha value is -3.07. The first-order chi connectivity index (χ1) is 13.8. The number of rotatable bonds is 7. The molecule has 0 radical (unpaired) electrons. The van der Waals surface area contributed by atoms with Crippen LogP contribution in [0.2, 0.25) is 0 Å². The van der Waals surface area contributed by atoms with E-state index in [-0.39, 0.29) is 24.2 Å². The van der Waals surface area contributed by atoms with Crippen LogP contribution >= 0.6 is 11.8 Å². The van der Waals surface area contributed by atoms with E-state index < -0.39 is 5.97 Å². The van der Waals surface area contributed by atoms with Gasteiger partial charge in [-0.05, 0) is 32.0 Å². The lowest BCUT2D eigenvalue weighted by atomic mass is 10.2. The van der Waals surface area contributed by atoms with Gasteiger partial charge in [-0.2, -0.15) is 0 Å². The second-order valence-electron chi connectivity index (χ2n) is 6.48. The van der Waals surface area contributed by atoms with Gasteiger partial charge in [0.15, 0.2) is 6.61 Å². The van der Waals surface area contributed by atoms with E-state index in [9.17, 15) is 9.59 Å². The standard InChI is InChI=1S/C20H21N3O5S/c1-12-9-15(13(2)27-12)19-22-21-17(28-19)10-26-20(25)14-7-5-6-8-16(14)29-11-18(24)23(3)4/h5-9H,10-11H2,1-4H3. The highest BCUT2D eigenvalue weighted by atomic mass is 32.2. The number of amides is 1. The average Bonchev–Trinajstić information content (AvgIpc) is 3.29. The maximum absolute atomic E-state index is 12.5. The van der Waals surface area contributed by atoms with E-state index >= 15 is 0 Å². The molecule has 3 aromatic rings. The first-order valence-corrected chi connectivity index (χ1v) is 9.82. The molecule has 8 nitrogen and oxygen atoms in total. The maximum atomic E-state index is 12.5. The SMILES string of the molecule is Cc1cc(-c2nnc(COC(=O)c3ccccc3SCC(=O)N(C)C)o2)c(C)o1. The van der Waals surface area contributed by atoms with Crippen LogP contribution in [-0.2, 0) is 16.1 Å². The van der Waals surface area contributed by atoms with Gasteiger partial charge in [0.25, 0.3) is 11.8 Å². The van der Waals surface area contributed by atoms with E-state index in [1.807, 2.05) is 13.8 Å². The summed E-state index contributed by atoms with van der Waals surface area (Å²) in [6, 6.07) is 8.78. The number of esters is 1. The molecular formula is C20H21N3O5S. The number of hydrogen-bond acceptors (Lipinski definition) is 8. The molecule has 9 heteroatoms. The van der Waals surface area contributed by atoms with Crippen molar-refractivity contribution in [2.24, 2.45) is 0 Å². The molecule has 0 saturated carbocycles. The summed E-state index contributed by atoms with van der Waals surface area (Å²) in [7, 11) is 3.38. The summed E-state index contributed by atoms with van der Waals surface area (Å²) >= 11 is 1.28. The molecule has 0 spiro atoms. The van der Waals surface area contributed by atoms with Crippen LogP contribution in [0.5, 0.6) is 0 Å². The van der Waals surface area contributed by atoms with Crippen molar-refractivity contribution in [2.45, 2.75) is 25.3 Å². The van der Waals surface area contributed by atoms with E-state index in [2.05, 4.69) is 10.2 Å². The Morgan fingerprint density at radius 1 is 1.14 bits per heavy atom. The number of carbonyl (C=O) groups excluding carboxylic acids is 2. The van der Waals surface area contributed by atoms with Gasteiger partial charge in [-0.3, -0.25) is 4.79 Å². The molecule has 1 aromatic carbocycles. The number of hydrogen-bond donors (Lipinski definition) is 0.